The first kappa shape index (κ1) is 23.1. The number of ether oxygens (including phenoxy) is 2. The van der Waals surface area contributed by atoms with Gasteiger partial charge >= 0.3 is 6.09 Å². The number of aromatic nitrogens is 2. The number of halogens is 2. The first-order valence-electron chi connectivity index (χ1n) is 9.99. The maximum Gasteiger partial charge on any atom is 0.409 e. The van der Waals surface area contributed by atoms with Crippen LogP contribution in [-0.2, 0) is 25.9 Å². The molecule has 1 atom stereocenters. The number of hydrogen-bond donors (Lipinski definition) is 0. The lowest BCUT2D eigenvalue weighted by molar-refractivity contribution is -0.0241. The molecule has 1 N–H and O–H groups in total. The SMILES string of the molecule is COC(=O)N1CCO[C@@H](Cc2c(-c3c(F)cc(S([NH-])(=O)=O)cc3F)nc3cc(C)ccn23)C1. The fourth-order valence-corrected chi connectivity index (χ4v) is 4.39. The third-order valence-corrected chi connectivity index (χ3v) is 6.29. The third kappa shape index (κ3) is 4.54. The molecule has 0 bridgehead atoms. The smallest absolute Gasteiger partial charge is 0.409 e. The Kier molecular flexibility index (Phi) is 6.08. The van der Waals surface area contributed by atoms with E-state index in [1.54, 1.807) is 16.7 Å². The number of pyridine rings is 1. The van der Waals surface area contributed by atoms with E-state index in [2.05, 4.69) is 4.98 Å². The van der Waals surface area contributed by atoms with Gasteiger partial charge in [-0.1, -0.05) is 0 Å². The fourth-order valence-electron chi connectivity index (χ4n) is 3.88. The number of hydrogen-bond acceptors (Lipinski definition) is 6. The molecule has 9 nitrogen and oxygen atoms in total. The molecular weight excluding hydrogens is 458 g/mol. The molecule has 2 aromatic heterocycles. The molecule has 176 valence electrons. The van der Waals surface area contributed by atoms with E-state index in [1.165, 1.54) is 12.0 Å². The van der Waals surface area contributed by atoms with Crippen LogP contribution in [-0.4, -0.2) is 61.7 Å². The summed E-state index contributed by atoms with van der Waals surface area (Å²) in [4.78, 5) is 17.0. The monoisotopic (exact) mass is 479 g/mol. The van der Waals surface area contributed by atoms with Crippen LogP contribution in [0.1, 0.15) is 11.3 Å². The number of fused-ring (bicyclic) bond motifs is 1. The van der Waals surface area contributed by atoms with E-state index in [0.29, 0.717) is 30.0 Å². The number of morpholine rings is 1. The molecule has 4 rings (SSSR count). The van der Waals surface area contributed by atoms with Crippen LogP contribution >= 0.6 is 0 Å². The number of carbonyl (C=O) groups is 1. The second-order valence-electron chi connectivity index (χ2n) is 7.72. The van der Waals surface area contributed by atoms with Gasteiger partial charge in [-0.3, -0.25) is 0 Å². The van der Waals surface area contributed by atoms with Crippen LogP contribution in [0.5, 0.6) is 0 Å². The normalized spacial score (nSPS) is 16.9. The summed E-state index contributed by atoms with van der Waals surface area (Å²) in [6, 6.07) is 4.77. The lowest BCUT2D eigenvalue weighted by Crippen LogP contribution is -2.46. The largest absolute Gasteiger partial charge is 0.560 e. The summed E-state index contributed by atoms with van der Waals surface area (Å²) < 4.78 is 65.1. The quantitative estimate of drug-likeness (QED) is 0.567. The number of rotatable bonds is 4. The Balaban J connectivity index is 1.82. The molecule has 0 radical (unpaired) electrons. The molecule has 12 heteroatoms. The molecule has 0 aliphatic carbocycles. The summed E-state index contributed by atoms with van der Waals surface area (Å²) in [5.74, 6) is -2.30. The van der Waals surface area contributed by atoms with Crippen molar-refractivity contribution < 1.29 is 31.5 Å². The van der Waals surface area contributed by atoms with Gasteiger partial charge in [0.05, 0.1) is 58.2 Å². The highest BCUT2D eigenvalue weighted by Gasteiger charge is 2.29. The first-order valence-corrected chi connectivity index (χ1v) is 11.5. The zero-order chi connectivity index (χ0) is 23.9. The number of amides is 1. The number of nitrogens with zero attached hydrogens (tertiary/aromatic N) is 3. The van der Waals surface area contributed by atoms with Crippen molar-refractivity contribution in [2.75, 3.05) is 26.8 Å². The molecule has 1 aromatic carbocycles. The summed E-state index contributed by atoms with van der Waals surface area (Å²) in [5, 5.41) is 7.09. The Hall–Kier alpha value is -3.09. The Labute approximate surface area is 188 Å². The molecule has 33 heavy (non-hydrogen) atoms. The molecule has 3 heterocycles. The maximum atomic E-state index is 15.0. The minimum absolute atomic E-state index is 0.0108. The molecule has 1 aliphatic heterocycles. The van der Waals surface area contributed by atoms with Gasteiger partial charge in [0.25, 0.3) is 0 Å². The van der Waals surface area contributed by atoms with Crippen molar-refractivity contribution in [2.24, 2.45) is 0 Å². The predicted molar refractivity (Wildman–Crippen MR) is 114 cm³/mol. The van der Waals surface area contributed by atoms with Gasteiger partial charge < -0.3 is 23.9 Å². The van der Waals surface area contributed by atoms with Gasteiger partial charge in [-0.15, -0.1) is 0 Å². The van der Waals surface area contributed by atoms with Gasteiger partial charge in [0.2, 0.25) is 0 Å². The van der Waals surface area contributed by atoms with E-state index >= 15 is 0 Å². The second-order valence-corrected chi connectivity index (χ2v) is 9.20. The third-order valence-electron chi connectivity index (χ3n) is 5.44. The Morgan fingerprint density at radius 1 is 1.30 bits per heavy atom. The van der Waals surface area contributed by atoms with Crippen molar-refractivity contribution in [3.8, 4) is 11.3 Å². The summed E-state index contributed by atoms with van der Waals surface area (Å²) in [7, 11) is -3.27. The lowest BCUT2D eigenvalue weighted by Gasteiger charge is -2.32. The maximum absolute atomic E-state index is 15.0. The van der Waals surface area contributed by atoms with Gasteiger partial charge in [-0.2, -0.15) is 0 Å². The van der Waals surface area contributed by atoms with Crippen molar-refractivity contribution in [1.82, 2.24) is 14.3 Å². The molecule has 0 saturated carbocycles. The number of carbonyl (C=O) groups excluding carboxylic acids is 1. The molecule has 1 aliphatic rings. The minimum atomic E-state index is -4.55. The van der Waals surface area contributed by atoms with E-state index in [-0.39, 0.29) is 25.3 Å². The van der Waals surface area contributed by atoms with Gasteiger partial charge in [0.15, 0.2) is 0 Å². The Morgan fingerprint density at radius 2 is 2.00 bits per heavy atom. The van der Waals surface area contributed by atoms with Crippen LogP contribution in [0.4, 0.5) is 13.6 Å². The Morgan fingerprint density at radius 3 is 2.64 bits per heavy atom. The van der Waals surface area contributed by atoms with Crippen LogP contribution in [0.3, 0.4) is 0 Å². The minimum Gasteiger partial charge on any atom is -0.560 e. The summed E-state index contributed by atoms with van der Waals surface area (Å²) in [5.41, 5.74) is 1.24. The number of imidazole rings is 1. The number of nitrogens with one attached hydrogen (secondary N) is 1. The van der Waals surface area contributed by atoms with E-state index in [9.17, 15) is 22.0 Å². The predicted octanol–water partition coefficient (Wildman–Crippen LogP) is 3.34. The average molecular weight is 479 g/mol. The average Bonchev–Trinajstić information content (AvgIpc) is 3.09. The highest BCUT2D eigenvalue weighted by Crippen LogP contribution is 2.33. The molecule has 0 spiro atoms. The van der Waals surface area contributed by atoms with Gasteiger partial charge in [0, 0.05) is 19.2 Å². The molecule has 3 aromatic rings. The molecule has 1 saturated heterocycles. The zero-order valence-corrected chi connectivity index (χ0v) is 18.7. The van der Waals surface area contributed by atoms with Crippen LogP contribution in [0.15, 0.2) is 35.4 Å². The highest BCUT2D eigenvalue weighted by molar-refractivity contribution is 7.93. The van der Waals surface area contributed by atoms with E-state index in [0.717, 1.165) is 5.56 Å². The van der Waals surface area contributed by atoms with Crippen LogP contribution in [0, 0.1) is 18.6 Å². The van der Waals surface area contributed by atoms with Crippen LogP contribution in [0.25, 0.3) is 22.0 Å². The van der Waals surface area contributed by atoms with Crippen molar-refractivity contribution in [2.45, 2.75) is 24.3 Å². The molecule has 1 fully saturated rings. The molecular formula is C21H21F2N4O5S-. The van der Waals surface area contributed by atoms with Gasteiger partial charge in [-0.25, -0.2) is 27.0 Å². The van der Waals surface area contributed by atoms with Crippen molar-refractivity contribution in [3.05, 3.63) is 58.5 Å². The number of benzene rings is 1. The summed E-state index contributed by atoms with van der Waals surface area (Å²) >= 11 is 0. The van der Waals surface area contributed by atoms with Crippen molar-refractivity contribution in [1.29, 1.82) is 0 Å². The Bertz CT molecular complexity index is 1320. The lowest BCUT2D eigenvalue weighted by atomic mass is 10.0. The first-order chi connectivity index (χ1) is 15.6. The number of methoxy groups -OCH3 is 1. The standard InChI is InChI=1S/C21H21F2N4O5S/c1-12-3-4-27-17(8-13-11-26(5-6-32-13)21(28)31-2)20(25-18(27)7-12)19-15(22)9-14(10-16(19)23)33(24,29)30/h3-4,7,9-10,13H,5-6,8,11H2,1-2H3,(H-,24,29,30)/q-1/t13-/m0/s1. The van der Waals surface area contributed by atoms with Crippen molar-refractivity contribution in [3.63, 3.8) is 0 Å². The van der Waals surface area contributed by atoms with E-state index < -0.39 is 44.3 Å². The number of sulfonamides is 1. The van der Waals surface area contributed by atoms with Crippen molar-refractivity contribution >= 4 is 21.8 Å². The zero-order valence-electron chi connectivity index (χ0n) is 17.8. The van der Waals surface area contributed by atoms with Crippen LogP contribution in [0.2, 0.25) is 0 Å². The topological polar surface area (TPSA) is 114 Å². The van der Waals surface area contributed by atoms with Crippen LogP contribution < -0.4 is 0 Å². The highest BCUT2D eigenvalue weighted by atomic mass is 32.2. The molecule has 0 unspecified atom stereocenters. The summed E-state index contributed by atoms with van der Waals surface area (Å²) in [6.07, 6.45) is 0.902. The van der Waals surface area contributed by atoms with Gasteiger partial charge in [0.1, 0.15) is 17.3 Å². The second kappa shape index (κ2) is 8.69. The number of aryl methyl sites for hydroxylation is 1. The molecule has 1 amide bonds. The van der Waals surface area contributed by atoms with E-state index in [4.69, 9.17) is 14.6 Å². The fraction of sp³-hybridized carbons (Fsp3) is 0.333. The van der Waals surface area contributed by atoms with E-state index in [1.807, 2.05) is 13.0 Å². The van der Waals surface area contributed by atoms with Gasteiger partial charge in [-0.05, 0) is 36.8 Å². The summed E-state index contributed by atoms with van der Waals surface area (Å²) in [6.45, 7) is 2.69.